The van der Waals surface area contributed by atoms with E-state index in [1.807, 2.05) is 17.5 Å². The molecule has 0 aliphatic heterocycles. The van der Waals surface area contributed by atoms with Crippen LogP contribution in [0.15, 0.2) is 48.1 Å². The number of nitrogens with zero attached hydrogens (tertiary/aromatic N) is 3. The van der Waals surface area contributed by atoms with Gasteiger partial charge in [-0.05, 0) is 49.7 Å². The SMILES string of the molecule is CCn1cc(-c2nc(CC(=O)Nc3ccc(F)c(C)c3)cs2)c2cccnc21. The first-order valence-corrected chi connectivity index (χ1v) is 9.87. The Hall–Kier alpha value is -3.06. The maximum atomic E-state index is 13.4. The van der Waals surface area contributed by atoms with E-state index >= 15 is 0 Å². The highest BCUT2D eigenvalue weighted by Crippen LogP contribution is 2.32. The van der Waals surface area contributed by atoms with Crippen molar-refractivity contribution in [1.82, 2.24) is 14.5 Å². The summed E-state index contributed by atoms with van der Waals surface area (Å²) in [6, 6.07) is 8.47. The van der Waals surface area contributed by atoms with E-state index in [9.17, 15) is 9.18 Å². The molecule has 5 nitrogen and oxygen atoms in total. The summed E-state index contributed by atoms with van der Waals surface area (Å²) in [5.41, 5.74) is 3.74. The van der Waals surface area contributed by atoms with Gasteiger partial charge in [-0.2, -0.15) is 0 Å². The van der Waals surface area contributed by atoms with Crippen LogP contribution in [0.25, 0.3) is 21.6 Å². The van der Waals surface area contributed by atoms with Gasteiger partial charge < -0.3 is 9.88 Å². The van der Waals surface area contributed by atoms with Gasteiger partial charge in [0.25, 0.3) is 0 Å². The minimum absolute atomic E-state index is 0.164. The number of rotatable bonds is 5. The van der Waals surface area contributed by atoms with Crippen LogP contribution in [-0.4, -0.2) is 20.4 Å². The highest BCUT2D eigenvalue weighted by atomic mass is 32.1. The molecule has 1 N–H and O–H groups in total. The second-order valence-corrected chi connectivity index (χ2v) is 7.39. The number of nitrogens with one attached hydrogen (secondary N) is 1. The van der Waals surface area contributed by atoms with Crippen LogP contribution in [0.2, 0.25) is 0 Å². The summed E-state index contributed by atoms with van der Waals surface area (Å²) in [6.45, 7) is 4.57. The number of aryl methyl sites for hydroxylation is 2. The van der Waals surface area contributed by atoms with Gasteiger partial charge in [0.2, 0.25) is 5.91 Å². The largest absolute Gasteiger partial charge is 0.332 e. The number of halogens is 1. The molecule has 4 aromatic rings. The number of anilines is 1. The lowest BCUT2D eigenvalue weighted by Crippen LogP contribution is -2.14. The molecule has 4 rings (SSSR count). The topological polar surface area (TPSA) is 59.8 Å². The van der Waals surface area contributed by atoms with E-state index in [1.165, 1.54) is 17.4 Å². The third-order valence-corrected chi connectivity index (χ3v) is 5.46. The van der Waals surface area contributed by atoms with Crippen molar-refractivity contribution in [3.05, 3.63) is 65.2 Å². The summed E-state index contributed by atoms with van der Waals surface area (Å²) in [5.74, 6) is -0.469. The van der Waals surface area contributed by atoms with E-state index in [0.29, 0.717) is 16.9 Å². The van der Waals surface area contributed by atoms with E-state index in [4.69, 9.17) is 0 Å². The lowest BCUT2D eigenvalue weighted by molar-refractivity contribution is -0.115. The molecular formula is C21H19FN4OS. The molecule has 28 heavy (non-hydrogen) atoms. The van der Waals surface area contributed by atoms with Crippen LogP contribution in [0.3, 0.4) is 0 Å². The van der Waals surface area contributed by atoms with Gasteiger partial charge in [0.05, 0.1) is 12.1 Å². The molecule has 0 aliphatic carbocycles. The van der Waals surface area contributed by atoms with Crippen LogP contribution in [0, 0.1) is 12.7 Å². The Balaban J connectivity index is 1.53. The van der Waals surface area contributed by atoms with Gasteiger partial charge in [-0.1, -0.05) is 0 Å². The van der Waals surface area contributed by atoms with Crippen molar-refractivity contribution >= 4 is 34.0 Å². The van der Waals surface area contributed by atoms with Crippen molar-refractivity contribution in [1.29, 1.82) is 0 Å². The van der Waals surface area contributed by atoms with Crippen molar-refractivity contribution in [2.45, 2.75) is 26.8 Å². The molecular weight excluding hydrogens is 375 g/mol. The number of carbonyl (C=O) groups excluding carboxylic acids is 1. The summed E-state index contributed by atoms with van der Waals surface area (Å²) in [6.07, 6.45) is 4.01. The van der Waals surface area contributed by atoms with Crippen LogP contribution in [0.1, 0.15) is 18.2 Å². The molecule has 0 radical (unpaired) electrons. The Morgan fingerprint density at radius 1 is 1.32 bits per heavy atom. The lowest BCUT2D eigenvalue weighted by Gasteiger charge is -2.05. The summed E-state index contributed by atoms with van der Waals surface area (Å²) in [7, 11) is 0. The Labute approximate surface area is 165 Å². The third-order valence-electron chi connectivity index (χ3n) is 4.54. The molecule has 0 aliphatic rings. The van der Waals surface area contributed by atoms with Gasteiger partial charge in [0.15, 0.2) is 0 Å². The minimum atomic E-state index is -0.289. The average Bonchev–Trinajstić information content (AvgIpc) is 3.29. The number of benzene rings is 1. The van der Waals surface area contributed by atoms with E-state index in [2.05, 4.69) is 33.0 Å². The van der Waals surface area contributed by atoms with Crippen molar-refractivity contribution in [3.8, 4) is 10.6 Å². The predicted molar refractivity (Wildman–Crippen MR) is 110 cm³/mol. The molecule has 3 aromatic heterocycles. The number of fused-ring (bicyclic) bond motifs is 1. The number of thiazole rings is 1. The standard InChI is InChI=1S/C21H19FN4OS/c1-3-26-11-17(16-5-4-8-23-20(16)26)21-25-15(12-28-21)10-19(27)24-14-6-7-18(22)13(2)9-14/h4-9,11-12H,3,10H2,1-2H3,(H,24,27). The van der Waals surface area contributed by atoms with E-state index in [1.54, 1.807) is 25.3 Å². The molecule has 0 fully saturated rings. The highest BCUT2D eigenvalue weighted by molar-refractivity contribution is 7.13. The Morgan fingerprint density at radius 3 is 2.96 bits per heavy atom. The summed E-state index contributed by atoms with van der Waals surface area (Å²) in [4.78, 5) is 21.4. The molecule has 0 spiro atoms. The van der Waals surface area contributed by atoms with E-state index < -0.39 is 0 Å². The van der Waals surface area contributed by atoms with Gasteiger partial charge in [-0.15, -0.1) is 11.3 Å². The van der Waals surface area contributed by atoms with Gasteiger partial charge in [-0.3, -0.25) is 4.79 Å². The molecule has 0 bridgehead atoms. The number of pyridine rings is 1. The van der Waals surface area contributed by atoms with Gasteiger partial charge in [0.1, 0.15) is 16.5 Å². The van der Waals surface area contributed by atoms with E-state index in [-0.39, 0.29) is 18.1 Å². The van der Waals surface area contributed by atoms with Gasteiger partial charge in [0, 0.05) is 41.0 Å². The maximum absolute atomic E-state index is 13.4. The molecule has 0 saturated heterocycles. The smallest absolute Gasteiger partial charge is 0.230 e. The number of aromatic nitrogens is 3. The zero-order chi connectivity index (χ0) is 19.7. The van der Waals surface area contributed by atoms with Crippen molar-refractivity contribution in [3.63, 3.8) is 0 Å². The Bertz CT molecular complexity index is 1160. The molecule has 0 atom stereocenters. The number of hydrogen-bond donors (Lipinski definition) is 1. The molecule has 7 heteroatoms. The first kappa shape index (κ1) is 18.3. The normalized spacial score (nSPS) is 11.1. The van der Waals surface area contributed by atoms with Crippen LogP contribution >= 0.6 is 11.3 Å². The highest BCUT2D eigenvalue weighted by Gasteiger charge is 2.15. The third kappa shape index (κ3) is 3.53. The first-order valence-electron chi connectivity index (χ1n) is 8.99. The second kappa shape index (κ2) is 7.52. The Kier molecular flexibility index (Phi) is 4.92. The lowest BCUT2D eigenvalue weighted by atomic mass is 10.2. The zero-order valence-corrected chi connectivity index (χ0v) is 16.4. The fourth-order valence-corrected chi connectivity index (χ4v) is 3.98. The van der Waals surface area contributed by atoms with Crippen molar-refractivity contribution in [2.75, 3.05) is 5.32 Å². The van der Waals surface area contributed by atoms with Gasteiger partial charge in [-0.25, -0.2) is 14.4 Å². The molecule has 0 saturated carbocycles. The molecule has 1 aromatic carbocycles. The van der Waals surface area contributed by atoms with Crippen LogP contribution in [0.5, 0.6) is 0 Å². The summed E-state index contributed by atoms with van der Waals surface area (Å²) >= 11 is 1.51. The van der Waals surface area contributed by atoms with Crippen LogP contribution < -0.4 is 5.32 Å². The zero-order valence-electron chi connectivity index (χ0n) is 15.6. The predicted octanol–water partition coefficient (Wildman–Crippen LogP) is 4.81. The van der Waals surface area contributed by atoms with Crippen LogP contribution in [-0.2, 0) is 17.8 Å². The quantitative estimate of drug-likeness (QED) is 0.528. The Morgan fingerprint density at radius 2 is 2.18 bits per heavy atom. The number of hydrogen-bond acceptors (Lipinski definition) is 4. The molecule has 0 unspecified atom stereocenters. The van der Waals surface area contributed by atoms with Crippen molar-refractivity contribution < 1.29 is 9.18 Å². The fourth-order valence-electron chi connectivity index (χ4n) is 3.14. The summed E-state index contributed by atoms with van der Waals surface area (Å²) in [5, 5.41) is 6.61. The number of amides is 1. The molecule has 1 amide bonds. The van der Waals surface area contributed by atoms with Crippen molar-refractivity contribution in [2.24, 2.45) is 0 Å². The maximum Gasteiger partial charge on any atom is 0.230 e. The summed E-state index contributed by atoms with van der Waals surface area (Å²) < 4.78 is 15.5. The molecule has 142 valence electrons. The number of carbonyl (C=O) groups is 1. The average molecular weight is 394 g/mol. The second-order valence-electron chi connectivity index (χ2n) is 6.54. The molecule has 3 heterocycles. The first-order chi connectivity index (χ1) is 13.5. The van der Waals surface area contributed by atoms with Gasteiger partial charge >= 0.3 is 0 Å². The monoisotopic (exact) mass is 394 g/mol. The fraction of sp³-hybridized carbons (Fsp3) is 0.190. The van der Waals surface area contributed by atoms with E-state index in [0.717, 1.165) is 28.1 Å². The van der Waals surface area contributed by atoms with Crippen LogP contribution in [0.4, 0.5) is 10.1 Å². The minimum Gasteiger partial charge on any atom is -0.332 e.